The summed E-state index contributed by atoms with van der Waals surface area (Å²) in [7, 11) is 0. The van der Waals surface area contributed by atoms with Crippen LogP contribution < -0.4 is 10.6 Å². The number of carbonyl (C=O) groups excluding carboxylic acids is 1. The molecule has 0 aliphatic carbocycles. The topological polar surface area (TPSA) is 75.2 Å². The Morgan fingerprint density at radius 1 is 1.33 bits per heavy atom. The number of nitrogens with zero attached hydrogens (tertiary/aromatic N) is 2. The van der Waals surface area contributed by atoms with Gasteiger partial charge in [0.25, 0.3) is 0 Å². The molecule has 0 saturated carbocycles. The number of hydrogen-bond donors (Lipinski definition) is 2. The third-order valence-corrected chi connectivity index (χ3v) is 4.25. The summed E-state index contributed by atoms with van der Waals surface area (Å²) >= 11 is 0. The number of guanidine groups is 1. The zero-order valence-corrected chi connectivity index (χ0v) is 14.9. The van der Waals surface area contributed by atoms with E-state index < -0.39 is 0 Å². The molecule has 7 nitrogen and oxygen atoms in total. The van der Waals surface area contributed by atoms with Crippen LogP contribution in [0.15, 0.2) is 4.99 Å². The van der Waals surface area contributed by atoms with Gasteiger partial charge in [-0.1, -0.05) is 0 Å². The fraction of sp³-hybridized carbons (Fsp3) is 0.882. The summed E-state index contributed by atoms with van der Waals surface area (Å²) in [6.07, 6.45) is 4.95. The van der Waals surface area contributed by atoms with E-state index in [1.54, 1.807) is 0 Å². The summed E-state index contributed by atoms with van der Waals surface area (Å²) in [5.74, 6) is 1.01. The van der Waals surface area contributed by atoms with E-state index in [9.17, 15) is 4.79 Å². The maximum Gasteiger partial charge on any atom is 0.224 e. The van der Waals surface area contributed by atoms with E-state index >= 15 is 0 Å². The van der Waals surface area contributed by atoms with Crippen LogP contribution in [0.2, 0.25) is 0 Å². The van der Waals surface area contributed by atoms with Crippen molar-refractivity contribution in [3.05, 3.63) is 0 Å². The van der Waals surface area contributed by atoms with Crippen LogP contribution in [0.4, 0.5) is 0 Å². The average molecular weight is 340 g/mol. The maximum absolute atomic E-state index is 12.0. The van der Waals surface area contributed by atoms with Crippen molar-refractivity contribution in [3.63, 3.8) is 0 Å². The molecule has 2 aliphatic heterocycles. The van der Waals surface area contributed by atoms with Gasteiger partial charge in [-0.3, -0.25) is 9.79 Å². The lowest BCUT2D eigenvalue weighted by atomic mass is 10.3. The SMILES string of the molecule is CCNC(=NCCCOC1CCOC1)NCCC(=O)N1CCCC1. The number of carbonyl (C=O) groups is 1. The number of ether oxygens (including phenoxy) is 2. The number of amides is 1. The fourth-order valence-corrected chi connectivity index (χ4v) is 2.90. The summed E-state index contributed by atoms with van der Waals surface area (Å²) in [5.41, 5.74) is 0. The molecule has 1 atom stereocenters. The summed E-state index contributed by atoms with van der Waals surface area (Å²) in [5, 5.41) is 6.45. The van der Waals surface area contributed by atoms with E-state index in [4.69, 9.17) is 9.47 Å². The minimum Gasteiger partial charge on any atom is -0.379 e. The molecule has 1 amide bonds. The zero-order valence-electron chi connectivity index (χ0n) is 14.9. The minimum atomic E-state index is 0.239. The Hall–Kier alpha value is -1.34. The van der Waals surface area contributed by atoms with E-state index in [0.717, 1.165) is 64.5 Å². The van der Waals surface area contributed by atoms with Crippen LogP contribution >= 0.6 is 0 Å². The Morgan fingerprint density at radius 2 is 2.17 bits per heavy atom. The lowest BCUT2D eigenvalue weighted by molar-refractivity contribution is -0.129. The van der Waals surface area contributed by atoms with Gasteiger partial charge in [0.05, 0.1) is 12.7 Å². The molecule has 2 N–H and O–H groups in total. The van der Waals surface area contributed by atoms with Crippen molar-refractivity contribution in [3.8, 4) is 0 Å². The van der Waals surface area contributed by atoms with Gasteiger partial charge < -0.3 is 25.0 Å². The first kappa shape index (κ1) is 19.0. The van der Waals surface area contributed by atoms with Gasteiger partial charge in [-0.05, 0) is 32.6 Å². The van der Waals surface area contributed by atoms with Crippen LogP contribution in [-0.4, -0.2) is 75.4 Å². The highest BCUT2D eigenvalue weighted by atomic mass is 16.5. The van der Waals surface area contributed by atoms with Crippen LogP contribution in [0.3, 0.4) is 0 Å². The highest BCUT2D eigenvalue weighted by Crippen LogP contribution is 2.09. The average Bonchev–Trinajstić information content (AvgIpc) is 3.28. The molecule has 0 spiro atoms. The Labute approximate surface area is 145 Å². The third kappa shape index (κ3) is 7.05. The summed E-state index contributed by atoms with van der Waals surface area (Å²) in [4.78, 5) is 18.5. The van der Waals surface area contributed by atoms with Gasteiger partial charge in [-0.15, -0.1) is 0 Å². The molecule has 0 aromatic carbocycles. The van der Waals surface area contributed by atoms with E-state index in [1.807, 2.05) is 11.8 Å². The third-order valence-electron chi connectivity index (χ3n) is 4.25. The van der Waals surface area contributed by atoms with Crippen LogP contribution in [-0.2, 0) is 14.3 Å². The Morgan fingerprint density at radius 3 is 2.88 bits per heavy atom. The standard InChI is InChI=1S/C17H32N4O3/c1-2-18-17(19-8-5-12-24-15-7-13-23-14-15)20-9-6-16(22)21-10-3-4-11-21/h15H,2-14H2,1H3,(H2,18,19,20). The predicted octanol–water partition coefficient (Wildman–Crippen LogP) is 0.750. The van der Waals surface area contributed by atoms with Crippen molar-refractivity contribution in [1.29, 1.82) is 0 Å². The molecule has 2 heterocycles. The second kappa shape index (κ2) is 11.3. The maximum atomic E-state index is 12.0. The smallest absolute Gasteiger partial charge is 0.224 e. The van der Waals surface area contributed by atoms with Crippen molar-refractivity contribution < 1.29 is 14.3 Å². The molecule has 24 heavy (non-hydrogen) atoms. The second-order valence-corrected chi connectivity index (χ2v) is 6.24. The largest absolute Gasteiger partial charge is 0.379 e. The quantitative estimate of drug-likeness (QED) is 0.368. The monoisotopic (exact) mass is 340 g/mol. The normalized spacial score (nSPS) is 21.3. The molecule has 138 valence electrons. The second-order valence-electron chi connectivity index (χ2n) is 6.24. The van der Waals surface area contributed by atoms with Gasteiger partial charge in [0.1, 0.15) is 0 Å². The van der Waals surface area contributed by atoms with Gasteiger partial charge in [-0.2, -0.15) is 0 Å². The molecule has 2 saturated heterocycles. The summed E-state index contributed by atoms with van der Waals surface area (Å²) < 4.78 is 11.0. The van der Waals surface area contributed by atoms with Crippen molar-refractivity contribution in [2.45, 2.75) is 45.1 Å². The van der Waals surface area contributed by atoms with Gasteiger partial charge in [0.2, 0.25) is 5.91 Å². The number of nitrogens with one attached hydrogen (secondary N) is 2. The Kier molecular flexibility index (Phi) is 8.91. The molecule has 0 radical (unpaired) electrons. The van der Waals surface area contributed by atoms with E-state index in [0.29, 0.717) is 26.1 Å². The molecule has 0 aromatic rings. The van der Waals surface area contributed by atoms with Crippen molar-refractivity contribution in [2.75, 3.05) is 52.5 Å². The van der Waals surface area contributed by atoms with Gasteiger partial charge in [0, 0.05) is 52.4 Å². The highest BCUT2D eigenvalue weighted by Gasteiger charge is 2.17. The van der Waals surface area contributed by atoms with Gasteiger partial charge in [0.15, 0.2) is 5.96 Å². The number of rotatable bonds is 9. The van der Waals surface area contributed by atoms with E-state index in [2.05, 4.69) is 15.6 Å². The molecule has 2 aliphatic rings. The van der Waals surface area contributed by atoms with E-state index in [-0.39, 0.29) is 12.0 Å². The van der Waals surface area contributed by atoms with Crippen molar-refractivity contribution in [1.82, 2.24) is 15.5 Å². The van der Waals surface area contributed by atoms with Crippen LogP contribution in [0.25, 0.3) is 0 Å². The van der Waals surface area contributed by atoms with Gasteiger partial charge in [-0.25, -0.2) is 0 Å². The molecule has 0 bridgehead atoms. The Balaban J connectivity index is 1.57. The summed E-state index contributed by atoms with van der Waals surface area (Å²) in [6.45, 7) is 8.26. The lowest BCUT2D eigenvalue weighted by Gasteiger charge is -2.16. The van der Waals surface area contributed by atoms with Gasteiger partial charge >= 0.3 is 0 Å². The minimum absolute atomic E-state index is 0.239. The fourth-order valence-electron chi connectivity index (χ4n) is 2.90. The molecule has 0 aromatic heterocycles. The molecular weight excluding hydrogens is 308 g/mol. The first-order valence-electron chi connectivity index (χ1n) is 9.29. The van der Waals surface area contributed by atoms with Crippen molar-refractivity contribution >= 4 is 11.9 Å². The molecular formula is C17H32N4O3. The number of hydrogen-bond acceptors (Lipinski definition) is 4. The van der Waals surface area contributed by atoms with Crippen molar-refractivity contribution in [2.24, 2.45) is 4.99 Å². The van der Waals surface area contributed by atoms with Crippen LogP contribution in [0, 0.1) is 0 Å². The zero-order chi connectivity index (χ0) is 17.0. The first-order valence-corrected chi connectivity index (χ1v) is 9.29. The molecule has 2 fully saturated rings. The van der Waals surface area contributed by atoms with E-state index in [1.165, 1.54) is 0 Å². The number of likely N-dealkylation sites (tertiary alicyclic amines) is 1. The molecule has 1 unspecified atom stereocenters. The Bertz CT molecular complexity index is 391. The predicted molar refractivity (Wildman–Crippen MR) is 94.2 cm³/mol. The van der Waals surface area contributed by atoms with Crippen LogP contribution in [0.5, 0.6) is 0 Å². The molecule has 2 rings (SSSR count). The van der Waals surface area contributed by atoms with Crippen LogP contribution in [0.1, 0.15) is 39.0 Å². The first-order chi connectivity index (χ1) is 11.8. The lowest BCUT2D eigenvalue weighted by Crippen LogP contribution is -2.39. The number of aliphatic imine (C=N–C) groups is 1. The molecule has 7 heteroatoms. The highest BCUT2D eigenvalue weighted by molar-refractivity contribution is 5.81. The summed E-state index contributed by atoms with van der Waals surface area (Å²) in [6, 6.07) is 0.